The van der Waals surface area contributed by atoms with Gasteiger partial charge >= 0.3 is 0 Å². The summed E-state index contributed by atoms with van der Waals surface area (Å²) in [6.07, 6.45) is 1.35. The minimum absolute atomic E-state index is 0.0625. The van der Waals surface area contributed by atoms with Gasteiger partial charge in [-0.1, -0.05) is 45.0 Å². The number of rotatable bonds is 9. The molecule has 2 aromatic carbocycles. The second-order valence-electron chi connectivity index (χ2n) is 7.86. The van der Waals surface area contributed by atoms with Gasteiger partial charge in [-0.25, -0.2) is 0 Å². The first-order valence-electron chi connectivity index (χ1n) is 11.3. The van der Waals surface area contributed by atoms with E-state index < -0.39 is 0 Å². The molecule has 0 bridgehead atoms. The minimum atomic E-state index is -0.103. The molecule has 6 nitrogen and oxygen atoms in total. The number of hydrogen-bond donors (Lipinski definition) is 2. The SMILES string of the molecule is CCC(=O)Nc1ccc(N2CCc3ccccc3C2)c(C(=O)NCCN(CC)CC)c1. The fraction of sp³-hybridized carbons (Fsp3) is 0.440. The van der Waals surface area contributed by atoms with E-state index in [0.717, 1.165) is 44.8 Å². The van der Waals surface area contributed by atoms with E-state index in [4.69, 9.17) is 0 Å². The lowest BCUT2D eigenvalue weighted by Gasteiger charge is -2.32. The molecular weight excluding hydrogens is 388 g/mol. The van der Waals surface area contributed by atoms with Gasteiger partial charge in [0.15, 0.2) is 0 Å². The molecule has 166 valence electrons. The summed E-state index contributed by atoms with van der Waals surface area (Å²) in [6, 6.07) is 14.1. The van der Waals surface area contributed by atoms with Gasteiger partial charge in [0.25, 0.3) is 5.91 Å². The maximum Gasteiger partial charge on any atom is 0.253 e. The molecule has 2 N–H and O–H groups in total. The fourth-order valence-electron chi connectivity index (χ4n) is 3.98. The minimum Gasteiger partial charge on any atom is -0.366 e. The Morgan fingerprint density at radius 1 is 1.03 bits per heavy atom. The lowest BCUT2D eigenvalue weighted by molar-refractivity contribution is -0.115. The topological polar surface area (TPSA) is 64.7 Å². The van der Waals surface area contributed by atoms with Crippen LogP contribution in [-0.2, 0) is 17.8 Å². The quantitative estimate of drug-likeness (QED) is 0.647. The van der Waals surface area contributed by atoms with E-state index in [0.29, 0.717) is 24.2 Å². The molecule has 31 heavy (non-hydrogen) atoms. The summed E-state index contributed by atoms with van der Waals surface area (Å²) in [5.74, 6) is -0.166. The second kappa shape index (κ2) is 11.0. The van der Waals surface area contributed by atoms with E-state index in [-0.39, 0.29) is 11.8 Å². The Balaban J connectivity index is 1.82. The van der Waals surface area contributed by atoms with E-state index in [9.17, 15) is 9.59 Å². The molecule has 0 spiro atoms. The smallest absolute Gasteiger partial charge is 0.253 e. The molecule has 2 aromatic rings. The van der Waals surface area contributed by atoms with E-state index in [1.807, 2.05) is 19.1 Å². The molecule has 0 atom stereocenters. The van der Waals surface area contributed by atoms with Crippen LogP contribution in [0, 0.1) is 0 Å². The molecule has 0 saturated heterocycles. The number of hydrogen-bond acceptors (Lipinski definition) is 4. The van der Waals surface area contributed by atoms with Crippen LogP contribution < -0.4 is 15.5 Å². The molecule has 1 aliphatic heterocycles. The first-order valence-corrected chi connectivity index (χ1v) is 11.3. The van der Waals surface area contributed by atoms with Crippen LogP contribution in [0.1, 0.15) is 48.7 Å². The average Bonchev–Trinajstić information content (AvgIpc) is 2.81. The van der Waals surface area contributed by atoms with E-state index in [2.05, 4.69) is 58.5 Å². The molecule has 2 amide bonds. The molecule has 1 aliphatic rings. The first-order chi connectivity index (χ1) is 15.0. The molecule has 0 radical (unpaired) electrons. The third-order valence-electron chi connectivity index (χ3n) is 5.93. The summed E-state index contributed by atoms with van der Waals surface area (Å²) in [5.41, 5.74) is 4.83. The molecule has 3 rings (SSSR count). The third-order valence-corrected chi connectivity index (χ3v) is 5.93. The second-order valence-corrected chi connectivity index (χ2v) is 7.86. The van der Waals surface area contributed by atoms with Gasteiger partial charge in [-0.2, -0.15) is 0 Å². The Hall–Kier alpha value is -2.86. The zero-order valence-electron chi connectivity index (χ0n) is 18.9. The number of benzene rings is 2. The number of nitrogens with zero attached hydrogens (tertiary/aromatic N) is 2. The number of amides is 2. The van der Waals surface area contributed by atoms with Crippen LogP contribution in [0.2, 0.25) is 0 Å². The lowest BCUT2D eigenvalue weighted by atomic mass is 9.98. The van der Waals surface area contributed by atoms with Crippen molar-refractivity contribution >= 4 is 23.2 Å². The number of carbonyl (C=O) groups excluding carboxylic acids is 2. The molecule has 0 aromatic heterocycles. The van der Waals surface area contributed by atoms with Crippen molar-refractivity contribution in [3.8, 4) is 0 Å². The summed E-state index contributed by atoms with van der Waals surface area (Å²) in [7, 11) is 0. The van der Waals surface area contributed by atoms with Crippen LogP contribution in [0.5, 0.6) is 0 Å². The number of anilines is 2. The molecule has 0 aliphatic carbocycles. The van der Waals surface area contributed by atoms with Crippen molar-refractivity contribution in [2.24, 2.45) is 0 Å². The van der Waals surface area contributed by atoms with Gasteiger partial charge in [-0.15, -0.1) is 0 Å². The van der Waals surface area contributed by atoms with Crippen molar-refractivity contribution in [2.45, 2.75) is 40.2 Å². The highest BCUT2D eigenvalue weighted by molar-refractivity contribution is 6.02. The zero-order chi connectivity index (χ0) is 22.2. The van der Waals surface area contributed by atoms with Crippen LogP contribution in [0.3, 0.4) is 0 Å². The van der Waals surface area contributed by atoms with Gasteiger partial charge in [0.2, 0.25) is 5.91 Å². The van der Waals surface area contributed by atoms with Crippen LogP contribution in [-0.4, -0.2) is 49.4 Å². The van der Waals surface area contributed by atoms with Gasteiger partial charge in [0.05, 0.1) is 5.56 Å². The van der Waals surface area contributed by atoms with Crippen LogP contribution in [0.15, 0.2) is 42.5 Å². The normalized spacial score (nSPS) is 13.1. The van der Waals surface area contributed by atoms with Crippen molar-refractivity contribution in [3.63, 3.8) is 0 Å². The highest BCUT2D eigenvalue weighted by Crippen LogP contribution is 2.29. The van der Waals surface area contributed by atoms with Crippen molar-refractivity contribution in [2.75, 3.05) is 42.9 Å². The zero-order valence-corrected chi connectivity index (χ0v) is 18.9. The van der Waals surface area contributed by atoms with Crippen molar-refractivity contribution < 1.29 is 9.59 Å². The summed E-state index contributed by atoms with van der Waals surface area (Å²) in [5, 5.41) is 5.95. The predicted octanol–water partition coefficient (Wildman–Crippen LogP) is 3.67. The van der Waals surface area contributed by atoms with E-state index in [1.165, 1.54) is 11.1 Å². The molecule has 1 heterocycles. The highest BCUT2D eigenvalue weighted by atomic mass is 16.2. The van der Waals surface area contributed by atoms with Crippen molar-refractivity contribution in [1.29, 1.82) is 0 Å². The molecule has 6 heteroatoms. The predicted molar refractivity (Wildman–Crippen MR) is 127 cm³/mol. The van der Waals surface area contributed by atoms with Gasteiger partial charge in [0.1, 0.15) is 0 Å². The maximum absolute atomic E-state index is 13.2. The van der Waals surface area contributed by atoms with Crippen molar-refractivity contribution in [3.05, 3.63) is 59.2 Å². The Labute approximate surface area is 185 Å². The standard InChI is InChI=1S/C25H34N4O2/c1-4-24(30)27-21-11-12-23(29-15-13-19-9-7-8-10-20(19)18-29)22(17-21)25(31)26-14-16-28(5-2)6-3/h7-12,17H,4-6,13-16,18H2,1-3H3,(H,26,31)(H,27,30). The van der Waals surface area contributed by atoms with Crippen LogP contribution in [0.4, 0.5) is 11.4 Å². The van der Waals surface area contributed by atoms with Gasteiger partial charge in [0, 0.05) is 44.0 Å². The van der Waals surface area contributed by atoms with E-state index >= 15 is 0 Å². The fourth-order valence-corrected chi connectivity index (χ4v) is 3.98. The maximum atomic E-state index is 13.2. The summed E-state index contributed by atoms with van der Waals surface area (Å²) in [6.45, 7) is 11.0. The van der Waals surface area contributed by atoms with Gasteiger partial charge in [-0.05, 0) is 48.8 Å². The largest absolute Gasteiger partial charge is 0.366 e. The first kappa shape index (κ1) is 22.8. The van der Waals surface area contributed by atoms with E-state index in [1.54, 1.807) is 6.07 Å². The number of nitrogens with one attached hydrogen (secondary N) is 2. The average molecular weight is 423 g/mol. The molecule has 0 unspecified atom stereocenters. The highest BCUT2D eigenvalue weighted by Gasteiger charge is 2.22. The number of fused-ring (bicyclic) bond motifs is 1. The monoisotopic (exact) mass is 422 g/mol. The van der Waals surface area contributed by atoms with Gasteiger partial charge in [-0.3, -0.25) is 9.59 Å². The molecular formula is C25H34N4O2. The van der Waals surface area contributed by atoms with Crippen LogP contribution in [0.25, 0.3) is 0 Å². The Bertz CT molecular complexity index is 908. The summed E-state index contributed by atoms with van der Waals surface area (Å²) in [4.78, 5) is 29.6. The van der Waals surface area contributed by atoms with Gasteiger partial charge < -0.3 is 20.4 Å². The third kappa shape index (κ3) is 5.85. The lowest BCUT2D eigenvalue weighted by Crippen LogP contribution is -2.36. The summed E-state index contributed by atoms with van der Waals surface area (Å²) < 4.78 is 0. The molecule has 0 saturated carbocycles. The van der Waals surface area contributed by atoms with Crippen molar-refractivity contribution in [1.82, 2.24) is 10.2 Å². The number of likely N-dealkylation sites (N-methyl/N-ethyl adjacent to an activating group) is 1. The molecule has 0 fully saturated rings. The number of carbonyl (C=O) groups is 2. The summed E-state index contributed by atoms with van der Waals surface area (Å²) >= 11 is 0. The Morgan fingerprint density at radius 2 is 1.77 bits per heavy atom. The van der Waals surface area contributed by atoms with Crippen LogP contribution >= 0.6 is 0 Å². The Morgan fingerprint density at radius 3 is 2.48 bits per heavy atom. The Kier molecular flexibility index (Phi) is 8.06.